The number of rotatable bonds is 6. The van der Waals surface area contributed by atoms with Gasteiger partial charge in [-0.3, -0.25) is 9.11 Å². The zero-order valence-electron chi connectivity index (χ0n) is 12.5. The van der Waals surface area contributed by atoms with Crippen LogP contribution in [-0.4, -0.2) is 46.3 Å². The molecule has 1 fully saturated rings. The summed E-state index contributed by atoms with van der Waals surface area (Å²) in [6.07, 6.45) is 1.15. The van der Waals surface area contributed by atoms with Crippen LogP contribution in [0.2, 0.25) is 0 Å². The molecule has 0 amide bonds. The minimum atomic E-state index is -0.663. The Morgan fingerprint density at radius 1 is 1.30 bits per heavy atom. The van der Waals surface area contributed by atoms with Crippen molar-refractivity contribution in [1.82, 2.24) is 10.2 Å². The van der Waals surface area contributed by atoms with Gasteiger partial charge in [0.25, 0.3) is 0 Å². The topological polar surface area (TPSA) is 32.3 Å². The van der Waals surface area contributed by atoms with Gasteiger partial charge in [0.1, 0.15) is 0 Å². The SMILES string of the molecule is CCC1CNC(c2ccccc2)CN1CCS(=O)CC. The molecule has 1 heterocycles. The first-order valence-electron chi connectivity index (χ1n) is 7.62. The Hall–Kier alpha value is -0.710. The number of nitrogens with zero attached hydrogens (tertiary/aromatic N) is 1. The van der Waals surface area contributed by atoms with E-state index in [1.807, 2.05) is 6.92 Å². The molecule has 1 aromatic rings. The highest BCUT2D eigenvalue weighted by atomic mass is 32.2. The second kappa shape index (κ2) is 7.91. The summed E-state index contributed by atoms with van der Waals surface area (Å²) in [5.41, 5.74) is 1.35. The molecule has 1 aliphatic rings. The molecule has 0 bridgehead atoms. The summed E-state index contributed by atoms with van der Waals surface area (Å²) in [5.74, 6) is 1.57. The average Bonchev–Trinajstić information content (AvgIpc) is 2.53. The van der Waals surface area contributed by atoms with Crippen molar-refractivity contribution in [2.75, 3.05) is 31.1 Å². The molecule has 20 heavy (non-hydrogen) atoms. The Labute approximate surface area is 125 Å². The van der Waals surface area contributed by atoms with Crippen molar-refractivity contribution in [3.63, 3.8) is 0 Å². The fourth-order valence-electron chi connectivity index (χ4n) is 2.80. The van der Waals surface area contributed by atoms with E-state index in [0.29, 0.717) is 12.1 Å². The maximum Gasteiger partial charge on any atom is 0.0449 e. The van der Waals surface area contributed by atoms with Crippen molar-refractivity contribution >= 4 is 10.8 Å². The zero-order chi connectivity index (χ0) is 14.4. The quantitative estimate of drug-likeness (QED) is 0.873. The second-order valence-electron chi connectivity index (χ2n) is 5.36. The fourth-order valence-corrected chi connectivity index (χ4v) is 3.53. The van der Waals surface area contributed by atoms with Gasteiger partial charge in [0, 0.05) is 54.0 Å². The van der Waals surface area contributed by atoms with E-state index in [-0.39, 0.29) is 0 Å². The van der Waals surface area contributed by atoms with Crippen molar-refractivity contribution in [2.45, 2.75) is 32.4 Å². The van der Waals surface area contributed by atoms with Crippen molar-refractivity contribution in [2.24, 2.45) is 0 Å². The van der Waals surface area contributed by atoms with Gasteiger partial charge in [0.05, 0.1) is 0 Å². The minimum Gasteiger partial charge on any atom is -0.307 e. The summed E-state index contributed by atoms with van der Waals surface area (Å²) in [5, 5.41) is 3.65. The number of benzene rings is 1. The molecule has 0 aliphatic carbocycles. The lowest BCUT2D eigenvalue weighted by molar-refractivity contribution is 0.135. The Morgan fingerprint density at radius 2 is 2.05 bits per heavy atom. The lowest BCUT2D eigenvalue weighted by atomic mass is 10.0. The Balaban J connectivity index is 1.98. The van der Waals surface area contributed by atoms with Gasteiger partial charge < -0.3 is 5.32 Å². The van der Waals surface area contributed by atoms with Crippen molar-refractivity contribution < 1.29 is 4.21 Å². The van der Waals surface area contributed by atoms with Crippen LogP contribution in [0.25, 0.3) is 0 Å². The molecule has 4 heteroatoms. The van der Waals surface area contributed by atoms with Gasteiger partial charge in [-0.15, -0.1) is 0 Å². The highest BCUT2D eigenvalue weighted by Gasteiger charge is 2.27. The van der Waals surface area contributed by atoms with Gasteiger partial charge in [0.15, 0.2) is 0 Å². The van der Waals surface area contributed by atoms with Gasteiger partial charge >= 0.3 is 0 Å². The lowest BCUT2D eigenvalue weighted by Crippen LogP contribution is -2.53. The number of hydrogen-bond donors (Lipinski definition) is 1. The van der Waals surface area contributed by atoms with Gasteiger partial charge in [-0.2, -0.15) is 0 Å². The summed E-state index contributed by atoms with van der Waals surface area (Å²) in [7, 11) is -0.663. The molecule has 1 aliphatic heterocycles. The van der Waals surface area contributed by atoms with Crippen LogP contribution in [0.4, 0.5) is 0 Å². The first-order chi connectivity index (χ1) is 9.74. The summed E-state index contributed by atoms with van der Waals surface area (Å²) in [6.45, 7) is 7.22. The molecule has 0 aromatic heterocycles. The molecule has 3 unspecified atom stereocenters. The molecule has 1 saturated heterocycles. The molecule has 112 valence electrons. The summed E-state index contributed by atoms with van der Waals surface area (Å²) in [6, 6.07) is 11.6. The molecule has 0 radical (unpaired) electrons. The standard InChI is InChI=1S/C16H26N2OS/c1-3-15-12-17-16(14-8-6-5-7-9-14)13-18(15)10-11-20(19)4-2/h5-9,15-17H,3-4,10-13H2,1-2H3. The molecule has 0 saturated carbocycles. The van der Waals surface area contributed by atoms with Crippen LogP contribution < -0.4 is 5.32 Å². The largest absolute Gasteiger partial charge is 0.307 e. The Morgan fingerprint density at radius 3 is 2.70 bits per heavy atom. The van der Waals surface area contributed by atoms with E-state index in [0.717, 1.165) is 37.6 Å². The van der Waals surface area contributed by atoms with Gasteiger partial charge in [-0.1, -0.05) is 44.2 Å². The molecule has 1 N–H and O–H groups in total. The van der Waals surface area contributed by atoms with Gasteiger partial charge in [0.2, 0.25) is 0 Å². The normalized spacial score (nSPS) is 25.5. The van der Waals surface area contributed by atoms with E-state index in [1.54, 1.807) is 0 Å². The van der Waals surface area contributed by atoms with E-state index < -0.39 is 10.8 Å². The van der Waals surface area contributed by atoms with Crippen molar-refractivity contribution in [3.8, 4) is 0 Å². The Bertz CT molecular complexity index is 424. The van der Waals surface area contributed by atoms with Crippen LogP contribution in [-0.2, 0) is 10.8 Å². The smallest absolute Gasteiger partial charge is 0.0449 e. The maximum atomic E-state index is 11.7. The third kappa shape index (κ3) is 4.14. The van der Waals surface area contributed by atoms with E-state index in [9.17, 15) is 4.21 Å². The van der Waals surface area contributed by atoms with Crippen LogP contribution in [0.15, 0.2) is 30.3 Å². The van der Waals surface area contributed by atoms with Gasteiger partial charge in [-0.05, 0) is 12.0 Å². The van der Waals surface area contributed by atoms with Crippen molar-refractivity contribution in [3.05, 3.63) is 35.9 Å². The second-order valence-corrected chi connectivity index (χ2v) is 7.23. The minimum absolute atomic E-state index is 0.397. The predicted octanol–water partition coefficient (Wildman–Crippen LogP) is 2.18. The van der Waals surface area contributed by atoms with Gasteiger partial charge in [-0.25, -0.2) is 0 Å². The molecular formula is C16H26N2OS. The summed E-state index contributed by atoms with van der Waals surface area (Å²) in [4.78, 5) is 2.52. The average molecular weight is 294 g/mol. The first-order valence-corrected chi connectivity index (χ1v) is 9.10. The van der Waals surface area contributed by atoms with E-state index >= 15 is 0 Å². The van der Waals surface area contributed by atoms with Crippen LogP contribution in [0.5, 0.6) is 0 Å². The Kier molecular flexibility index (Phi) is 6.20. The monoisotopic (exact) mass is 294 g/mol. The van der Waals surface area contributed by atoms with Crippen LogP contribution in [0.1, 0.15) is 31.9 Å². The lowest BCUT2D eigenvalue weighted by Gasteiger charge is -2.40. The van der Waals surface area contributed by atoms with E-state index in [2.05, 4.69) is 47.5 Å². The molecule has 3 atom stereocenters. The third-order valence-electron chi connectivity index (χ3n) is 4.13. The fraction of sp³-hybridized carbons (Fsp3) is 0.625. The number of piperazine rings is 1. The van der Waals surface area contributed by atoms with E-state index in [1.165, 1.54) is 5.56 Å². The molecule has 0 spiro atoms. The third-order valence-corrected chi connectivity index (χ3v) is 5.42. The molecule has 1 aromatic carbocycles. The van der Waals surface area contributed by atoms with Crippen LogP contribution in [0.3, 0.4) is 0 Å². The summed E-state index contributed by atoms with van der Waals surface area (Å²) < 4.78 is 11.7. The zero-order valence-corrected chi connectivity index (χ0v) is 13.4. The molecule has 2 rings (SSSR count). The first kappa shape index (κ1) is 15.7. The molecular weight excluding hydrogens is 268 g/mol. The van der Waals surface area contributed by atoms with Crippen LogP contribution in [0, 0.1) is 0 Å². The highest BCUT2D eigenvalue weighted by Crippen LogP contribution is 2.20. The number of nitrogens with one attached hydrogen (secondary N) is 1. The maximum absolute atomic E-state index is 11.7. The van der Waals surface area contributed by atoms with E-state index in [4.69, 9.17) is 0 Å². The predicted molar refractivity (Wildman–Crippen MR) is 86.4 cm³/mol. The van der Waals surface area contributed by atoms with Crippen LogP contribution >= 0.6 is 0 Å². The summed E-state index contributed by atoms with van der Waals surface area (Å²) >= 11 is 0. The van der Waals surface area contributed by atoms with Crippen molar-refractivity contribution in [1.29, 1.82) is 0 Å². The highest BCUT2D eigenvalue weighted by molar-refractivity contribution is 7.84. The molecule has 3 nitrogen and oxygen atoms in total. The number of hydrogen-bond acceptors (Lipinski definition) is 3.